The number of carbonyl (C=O) groups is 1. The van der Waals surface area contributed by atoms with E-state index < -0.39 is 98.2 Å². The van der Waals surface area contributed by atoms with E-state index in [1.165, 1.54) is 0 Å². The molecule has 2 aliphatic heterocycles. The number of nitrogens with two attached hydrogens (primary N) is 5. The lowest BCUT2D eigenvalue weighted by molar-refractivity contribution is -0.315. The third kappa shape index (κ3) is 6.19. The highest BCUT2D eigenvalue weighted by Gasteiger charge is 2.51. The fourth-order valence-electron chi connectivity index (χ4n) is 4.71. The van der Waals surface area contributed by atoms with Gasteiger partial charge in [0.2, 0.25) is 0 Å². The van der Waals surface area contributed by atoms with E-state index in [0.29, 0.717) is 0 Å². The second kappa shape index (κ2) is 11.9. The number of hydrogen-bond acceptors (Lipinski definition) is 14. The zero-order chi connectivity index (χ0) is 26.0. The first-order valence-electron chi connectivity index (χ1n) is 11.5. The van der Waals surface area contributed by atoms with E-state index in [1.54, 1.807) is 0 Å². The summed E-state index contributed by atoms with van der Waals surface area (Å²) < 4.78 is 22.8. The van der Waals surface area contributed by atoms with Crippen LogP contribution in [-0.4, -0.2) is 130 Å². The topological polar surface area (TPSA) is 297 Å². The Morgan fingerprint density at radius 1 is 0.886 bits per heavy atom. The quantitative estimate of drug-likeness (QED) is 0.152. The molecule has 1 aliphatic carbocycles. The van der Waals surface area contributed by atoms with E-state index in [9.17, 15) is 30.3 Å². The van der Waals surface area contributed by atoms with E-state index in [2.05, 4.69) is 5.32 Å². The summed E-state index contributed by atoms with van der Waals surface area (Å²) >= 11 is 0. The zero-order valence-electron chi connectivity index (χ0n) is 19.1. The monoisotopic (exact) mass is 510 g/mol. The van der Waals surface area contributed by atoms with Crippen LogP contribution in [0.3, 0.4) is 0 Å². The highest BCUT2D eigenvalue weighted by molar-refractivity contribution is 5.72. The maximum absolute atomic E-state index is 11.6. The molecule has 16 N–H and O–H groups in total. The van der Waals surface area contributed by atoms with E-state index in [4.69, 9.17) is 47.6 Å². The van der Waals surface area contributed by atoms with Gasteiger partial charge in [-0.05, 0) is 12.8 Å². The lowest BCUT2D eigenvalue weighted by Crippen LogP contribution is -2.69. The van der Waals surface area contributed by atoms with Crippen molar-refractivity contribution in [3.8, 4) is 0 Å². The van der Waals surface area contributed by atoms with Crippen LogP contribution in [0.4, 0.5) is 4.79 Å². The van der Waals surface area contributed by atoms with E-state index in [-0.39, 0.29) is 19.4 Å². The number of nitrogens with one attached hydrogen (secondary N) is 1. The van der Waals surface area contributed by atoms with Crippen LogP contribution in [0, 0.1) is 0 Å². The van der Waals surface area contributed by atoms with E-state index in [1.807, 2.05) is 0 Å². The third-order valence-corrected chi connectivity index (χ3v) is 6.70. The maximum atomic E-state index is 11.6. The molecule has 16 heteroatoms. The van der Waals surface area contributed by atoms with Crippen molar-refractivity contribution in [2.45, 2.75) is 98.4 Å². The predicted octanol–water partition coefficient (Wildman–Crippen LogP) is -6.59. The minimum Gasteiger partial charge on any atom is -0.394 e. The highest BCUT2D eigenvalue weighted by Crippen LogP contribution is 2.31. The molecule has 35 heavy (non-hydrogen) atoms. The molecule has 3 rings (SSSR count). The Kier molecular flexibility index (Phi) is 9.60. The molecule has 2 heterocycles. The normalized spacial score (nSPS) is 48.9. The molecule has 2 amide bonds. The van der Waals surface area contributed by atoms with Crippen LogP contribution in [0.15, 0.2) is 0 Å². The summed E-state index contributed by atoms with van der Waals surface area (Å²) in [6.45, 7) is -0.599. The standard InChI is InChI=1S/C19H38N6O10/c20-3-9-8(27)2-6(22)17(32-9)35-16-7(25-19(24)31)1-5(21)15(14(16)30)34-18-13(29)11(23)12(28)10(4-26)33-18/h5-18,26-30H,1-4,20-23H2,(H3,24,25,31)/t5-,6-,7-,8+,9+,10+,11+,12-,13-,14+,15+,16-,17-,18-/m1/s1. The number of ether oxygens (including phenoxy) is 4. The van der Waals surface area contributed by atoms with Crippen molar-refractivity contribution in [2.24, 2.45) is 28.7 Å². The van der Waals surface area contributed by atoms with Gasteiger partial charge in [-0.3, -0.25) is 0 Å². The van der Waals surface area contributed by atoms with Gasteiger partial charge in [0, 0.05) is 12.6 Å². The number of aliphatic hydroxyl groups excluding tert-OH is 5. The smallest absolute Gasteiger partial charge is 0.312 e. The van der Waals surface area contributed by atoms with Crippen molar-refractivity contribution in [1.29, 1.82) is 0 Å². The Morgan fingerprint density at radius 2 is 1.51 bits per heavy atom. The molecule has 14 atom stereocenters. The number of urea groups is 1. The van der Waals surface area contributed by atoms with Crippen LogP contribution in [0.2, 0.25) is 0 Å². The summed E-state index contributed by atoms with van der Waals surface area (Å²) in [5.74, 6) is 0. The van der Waals surface area contributed by atoms with Gasteiger partial charge in [-0.15, -0.1) is 0 Å². The van der Waals surface area contributed by atoms with Crippen LogP contribution in [0.1, 0.15) is 12.8 Å². The Morgan fingerprint density at radius 3 is 2.11 bits per heavy atom. The fourth-order valence-corrected chi connectivity index (χ4v) is 4.71. The number of hydrogen-bond donors (Lipinski definition) is 11. The van der Waals surface area contributed by atoms with Gasteiger partial charge in [0.25, 0.3) is 0 Å². The van der Waals surface area contributed by atoms with Gasteiger partial charge in [-0.1, -0.05) is 0 Å². The fraction of sp³-hybridized carbons (Fsp3) is 0.947. The summed E-state index contributed by atoms with van der Waals surface area (Å²) in [6.07, 6.45) is -12.0. The molecule has 16 nitrogen and oxygen atoms in total. The van der Waals surface area contributed by atoms with Crippen LogP contribution >= 0.6 is 0 Å². The van der Waals surface area contributed by atoms with Crippen molar-refractivity contribution in [3.05, 3.63) is 0 Å². The number of primary amides is 1. The van der Waals surface area contributed by atoms with Gasteiger partial charge in [0.1, 0.15) is 36.6 Å². The van der Waals surface area contributed by atoms with Crippen molar-refractivity contribution in [3.63, 3.8) is 0 Å². The number of rotatable bonds is 7. The summed E-state index contributed by atoms with van der Waals surface area (Å²) in [4.78, 5) is 11.6. The molecule has 1 saturated carbocycles. The van der Waals surface area contributed by atoms with Gasteiger partial charge >= 0.3 is 6.03 Å². The minimum absolute atomic E-state index is 0.00439. The lowest BCUT2D eigenvalue weighted by Gasteiger charge is -2.48. The van der Waals surface area contributed by atoms with Gasteiger partial charge in [-0.25, -0.2) is 4.79 Å². The molecule has 2 saturated heterocycles. The molecule has 0 spiro atoms. The van der Waals surface area contributed by atoms with Crippen molar-refractivity contribution >= 4 is 6.03 Å². The summed E-state index contributed by atoms with van der Waals surface area (Å²) in [5.41, 5.74) is 29.0. The average Bonchev–Trinajstić information content (AvgIpc) is 2.79. The Bertz CT molecular complexity index is 709. The first kappa shape index (κ1) is 28.3. The molecule has 0 radical (unpaired) electrons. The second-order valence-corrected chi connectivity index (χ2v) is 9.24. The maximum Gasteiger partial charge on any atom is 0.312 e. The SMILES string of the molecule is NC[C@@H]1O[C@H](O[C@H]2[C@@H](O)[C@@H](O[C@H]3O[C@@H](CO)[C@@H](O)[C@H](N)[C@H]3O)[C@H](N)C[C@H]2NC(N)=O)[C@H](N)C[C@@H]1O. The Balaban J connectivity index is 1.78. The number of amides is 2. The first-order chi connectivity index (χ1) is 16.5. The molecule has 3 aliphatic rings. The average molecular weight is 511 g/mol. The van der Waals surface area contributed by atoms with E-state index in [0.717, 1.165) is 0 Å². The van der Waals surface area contributed by atoms with Gasteiger partial charge in [0.05, 0.1) is 36.9 Å². The summed E-state index contributed by atoms with van der Waals surface area (Å²) in [6, 6.07) is -4.64. The molecule has 3 fully saturated rings. The van der Waals surface area contributed by atoms with Crippen molar-refractivity contribution in [1.82, 2.24) is 5.32 Å². The van der Waals surface area contributed by atoms with Crippen LogP contribution < -0.4 is 34.0 Å². The van der Waals surface area contributed by atoms with Crippen molar-refractivity contribution < 1.29 is 49.3 Å². The van der Waals surface area contributed by atoms with Gasteiger partial charge in [0.15, 0.2) is 12.6 Å². The summed E-state index contributed by atoms with van der Waals surface area (Å²) in [5, 5.41) is 53.6. The van der Waals surface area contributed by atoms with Crippen LogP contribution in [-0.2, 0) is 18.9 Å². The highest BCUT2D eigenvalue weighted by atomic mass is 16.7. The predicted molar refractivity (Wildman–Crippen MR) is 117 cm³/mol. The van der Waals surface area contributed by atoms with Crippen molar-refractivity contribution in [2.75, 3.05) is 13.2 Å². The van der Waals surface area contributed by atoms with Crippen LogP contribution in [0.25, 0.3) is 0 Å². The number of carbonyl (C=O) groups excluding carboxylic acids is 1. The largest absolute Gasteiger partial charge is 0.394 e. The molecule has 204 valence electrons. The zero-order valence-corrected chi connectivity index (χ0v) is 19.1. The second-order valence-electron chi connectivity index (χ2n) is 9.24. The van der Waals surface area contributed by atoms with Crippen LogP contribution in [0.5, 0.6) is 0 Å². The minimum atomic E-state index is -1.51. The molecule has 0 bridgehead atoms. The molecule has 0 aromatic carbocycles. The molecule has 0 unspecified atom stereocenters. The van der Waals surface area contributed by atoms with E-state index >= 15 is 0 Å². The summed E-state index contributed by atoms with van der Waals surface area (Å²) in [7, 11) is 0. The Labute approximate surface area is 201 Å². The molecular formula is C19H38N6O10. The van der Waals surface area contributed by atoms with Gasteiger partial charge in [-0.2, -0.15) is 0 Å². The Hall–Kier alpha value is -1.25. The molecular weight excluding hydrogens is 472 g/mol. The number of aliphatic hydroxyl groups is 5. The molecule has 0 aromatic rings. The molecule has 0 aromatic heterocycles. The first-order valence-corrected chi connectivity index (χ1v) is 11.5. The lowest BCUT2D eigenvalue weighted by atomic mass is 9.83. The van der Waals surface area contributed by atoms with Gasteiger partial charge < -0.3 is 78.5 Å². The third-order valence-electron chi connectivity index (χ3n) is 6.70.